The van der Waals surface area contributed by atoms with Crippen molar-refractivity contribution in [2.45, 2.75) is 6.10 Å². The molecule has 11 nitrogen and oxygen atoms in total. The fourth-order valence-corrected chi connectivity index (χ4v) is 3.44. The van der Waals surface area contributed by atoms with E-state index in [2.05, 4.69) is 20.1 Å². The topological polar surface area (TPSA) is 117 Å². The molecule has 0 bridgehead atoms. The summed E-state index contributed by atoms with van der Waals surface area (Å²) in [6, 6.07) is 7.92. The Bertz CT molecular complexity index is 1080. The molecule has 2 aliphatic heterocycles. The fourth-order valence-electron chi connectivity index (χ4n) is 3.44. The van der Waals surface area contributed by atoms with E-state index < -0.39 is 24.1 Å². The number of pyridine rings is 1. The van der Waals surface area contributed by atoms with Crippen molar-refractivity contribution < 1.29 is 28.2 Å². The number of hydrazone groups is 1. The lowest BCUT2D eigenvalue weighted by atomic mass is 10.1. The predicted octanol–water partition coefficient (Wildman–Crippen LogP) is 1.79. The average molecular weight is 456 g/mol. The van der Waals surface area contributed by atoms with Crippen molar-refractivity contribution in [3.63, 3.8) is 0 Å². The summed E-state index contributed by atoms with van der Waals surface area (Å²) in [6.45, 7) is 1.23. The van der Waals surface area contributed by atoms with E-state index in [1.165, 1.54) is 29.4 Å². The molecule has 1 atom stereocenters. The Morgan fingerprint density at radius 1 is 1.33 bits per heavy atom. The summed E-state index contributed by atoms with van der Waals surface area (Å²) in [4.78, 5) is 41.6. The Kier molecular flexibility index (Phi) is 6.33. The first-order valence-electron chi connectivity index (χ1n) is 10.1. The van der Waals surface area contributed by atoms with Gasteiger partial charge in [0.1, 0.15) is 24.1 Å². The molecule has 2 aliphatic rings. The van der Waals surface area contributed by atoms with Crippen LogP contribution >= 0.6 is 0 Å². The number of alkyl carbamates (subject to hydrolysis) is 1. The van der Waals surface area contributed by atoms with E-state index in [4.69, 9.17) is 4.74 Å². The molecule has 1 saturated heterocycles. The minimum atomic E-state index is -0.630. The van der Waals surface area contributed by atoms with E-state index in [1.807, 2.05) is 0 Å². The summed E-state index contributed by atoms with van der Waals surface area (Å²) >= 11 is 0. The fraction of sp³-hybridized carbons (Fsp3) is 0.286. The number of rotatable bonds is 6. The molecular formula is C21H21FN6O5. The van der Waals surface area contributed by atoms with Gasteiger partial charge < -0.3 is 19.7 Å². The quantitative estimate of drug-likeness (QED) is 0.659. The van der Waals surface area contributed by atoms with Crippen LogP contribution in [0.15, 0.2) is 41.6 Å². The molecule has 12 heteroatoms. The van der Waals surface area contributed by atoms with Crippen LogP contribution in [0.2, 0.25) is 0 Å². The number of nitrogens with zero attached hydrogens (tertiary/aromatic N) is 5. The number of anilines is 2. The monoisotopic (exact) mass is 456 g/mol. The predicted molar refractivity (Wildman–Crippen MR) is 116 cm³/mol. The molecule has 1 aromatic heterocycles. The second-order valence-corrected chi connectivity index (χ2v) is 7.25. The molecule has 3 amide bonds. The first-order chi connectivity index (χ1) is 16.0. The van der Waals surface area contributed by atoms with E-state index in [1.54, 1.807) is 35.4 Å². The van der Waals surface area contributed by atoms with E-state index in [9.17, 15) is 18.8 Å². The van der Waals surface area contributed by atoms with E-state index >= 15 is 0 Å². The maximum absolute atomic E-state index is 14.9. The number of hydrogen-bond acceptors (Lipinski definition) is 8. The molecule has 4 rings (SSSR count). The number of carbonyl (C=O) groups is 3. The van der Waals surface area contributed by atoms with Crippen LogP contribution in [0.1, 0.15) is 0 Å². The molecule has 1 N–H and O–H groups in total. The number of nitrogens with one attached hydrogen (secondary N) is 1. The van der Waals surface area contributed by atoms with Gasteiger partial charge in [0.05, 0.1) is 32.4 Å². The van der Waals surface area contributed by atoms with Gasteiger partial charge in [-0.05, 0) is 30.3 Å². The molecule has 0 saturated carbocycles. The molecule has 0 radical (unpaired) electrons. The highest BCUT2D eigenvalue weighted by Gasteiger charge is 2.33. The van der Waals surface area contributed by atoms with Gasteiger partial charge in [-0.25, -0.2) is 24.0 Å². The standard InChI is InChI=1S/C21H21FN6O5/c1-32-20(30)24-10-16-11-28(21(31)33-16)15-3-4-17(18(22)8-15)14-2-5-19(23-9-14)26-6-7-27(13-29)25-12-26/h2-5,8-9,12-13,16H,6-7,10-11H2,1H3,(H,24,30)/t16-/m0/s1. The lowest BCUT2D eigenvalue weighted by Gasteiger charge is -2.25. The number of benzene rings is 1. The Hall–Kier alpha value is -4.22. The highest BCUT2D eigenvalue weighted by atomic mass is 19.1. The van der Waals surface area contributed by atoms with Crippen molar-refractivity contribution in [1.29, 1.82) is 0 Å². The van der Waals surface area contributed by atoms with Crippen LogP contribution in [0.3, 0.4) is 0 Å². The molecular weight excluding hydrogens is 435 g/mol. The van der Waals surface area contributed by atoms with Crippen molar-refractivity contribution in [3.8, 4) is 11.1 Å². The van der Waals surface area contributed by atoms with Gasteiger partial charge in [0.2, 0.25) is 6.41 Å². The summed E-state index contributed by atoms with van der Waals surface area (Å²) in [7, 11) is 1.24. The van der Waals surface area contributed by atoms with Gasteiger partial charge in [0, 0.05) is 23.9 Å². The second kappa shape index (κ2) is 9.51. The molecule has 0 spiro atoms. The van der Waals surface area contributed by atoms with Crippen LogP contribution in [0.25, 0.3) is 11.1 Å². The number of cyclic esters (lactones) is 1. The largest absolute Gasteiger partial charge is 0.453 e. The Morgan fingerprint density at radius 3 is 2.82 bits per heavy atom. The van der Waals surface area contributed by atoms with E-state index in [0.29, 0.717) is 42.1 Å². The first kappa shape index (κ1) is 22.0. The van der Waals surface area contributed by atoms with Crippen LogP contribution in [-0.2, 0) is 14.3 Å². The van der Waals surface area contributed by atoms with Crippen LogP contribution < -0.4 is 15.1 Å². The van der Waals surface area contributed by atoms with Crippen molar-refractivity contribution in [2.75, 3.05) is 43.1 Å². The first-order valence-corrected chi connectivity index (χ1v) is 10.1. The van der Waals surface area contributed by atoms with Gasteiger partial charge >= 0.3 is 12.2 Å². The molecule has 1 aromatic carbocycles. The van der Waals surface area contributed by atoms with Crippen molar-refractivity contribution in [2.24, 2.45) is 5.10 Å². The number of aromatic nitrogens is 1. The zero-order chi connectivity index (χ0) is 23.4. The van der Waals surface area contributed by atoms with Gasteiger partial charge in [-0.3, -0.25) is 9.69 Å². The van der Waals surface area contributed by atoms with Gasteiger partial charge in [0.25, 0.3) is 0 Å². The summed E-state index contributed by atoms with van der Waals surface area (Å²) < 4.78 is 24.6. The Labute approximate surface area is 188 Å². The smallest absolute Gasteiger partial charge is 0.414 e. The van der Waals surface area contributed by atoms with Crippen molar-refractivity contribution in [1.82, 2.24) is 15.3 Å². The number of hydrogen-bond donors (Lipinski definition) is 1. The van der Waals surface area contributed by atoms with Gasteiger partial charge in [-0.2, -0.15) is 5.10 Å². The zero-order valence-electron chi connectivity index (χ0n) is 17.7. The molecule has 0 aliphatic carbocycles. The highest BCUT2D eigenvalue weighted by Crippen LogP contribution is 2.29. The van der Waals surface area contributed by atoms with Gasteiger partial charge in [0.15, 0.2) is 0 Å². The third-order valence-corrected chi connectivity index (χ3v) is 5.18. The normalized spacial score (nSPS) is 17.7. The second-order valence-electron chi connectivity index (χ2n) is 7.25. The van der Waals surface area contributed by atoms with Crippen LogP contribution in [-0.4, -0.2) is 74.3 Å². The lowest BCUT2D eigenvalue weighted by molar-refractivity contribution is -0.118. The lowest BCUT2D eigenvalue weighted by Crippen LogP contribution is -2.37. The van der Waals surface area contributed by atoms with Gasteiger partial charge in [-0.1, -0.05) is 0 Å². The van der Waals surface area contributed by atoms with Crippen LogP contribution in [0.5, 0.6) is 0 Å². The average Bonchev–Trinajstić information content (AvgIpc) is 3.23. The third-order valence-electron chi connectivity index (χ3n) is 5.18. The zero-order valence-corrected chi connectivity index (χ0v) is 17.7. The number of ether oxygens (including phenoxy) is 2. The third kappa shape index (κ3) is 4.84. The van der Waals surface area contributed by atoms with E-state index in [0.717, 1.165) is 0 Å². The summed E-state index contributed by atoms with van der Waals surface area (Å²) in [5, 5.41) is 7.73. The molecule has 172 valence electrons. The number of amides is 3. The number of halogens is 1. The highest BCUT2D eigenvalue weighted by molar-refractivity contribution is 5.90. The minimum Gasteiger partial charge on any atom is -0.453 e. The van der Waals surface area contributed by atoms with Crippen molar-refractivity contribution >= 4 is 36.4 Å². The summed E-state index contributed by atoms with van der Waals surface area (Å²) in [5.41, 5.74) is 1.24. The molecule has 33 heavy (non-hydrogen) atoms. The molecule has 2 aromatic rings. The number of methoxy groups -OCH3 is 1. The molecule has 3 heterocycles. The van der Waals surface area contributed by atoms with Crippen LogP contribution in [0.4, 0.5) is 25.5 Å². The maximum Gasteiger partial charge on any atom is 0.414 e. The summed E-state index contributed by atoms with van der Waals surface area (Å²) in [6.07, 6.45) is 1.88. The molecule has 1 fully saturated rings. The van der Waals surface area contributed by atoms with Crippen molar-refractivity contribution in [3.05, 3.63) is 42.3 Å². The number of carbonyl (C=O) groups excluding carboxylic acids is 3. The molecule has 0 unspecified atom stereocenters. The van der Waals surface area contributed by atoms with E-state index in [-0.39, 0.29) is 13.1 Å². The minimum absolute atomic E-state index is 0.0857. The Morgan fingerprint density at radius 2 is 2.18 bits per heavy atom. The van der Waals surface area contributed by atoms with Gasteiger partial charge in [-0.15, -0.1) is 0 Å². The van der Waals surface area contributed by atoms with Crippen LogP contribution in [0, 0.1) is 5.82 Å². The SMILES string of the molecule is COC(=O)NC[C@H]1CN(c2ccc(-c3ccc(N4C=NN(C=O)CC4)nc3)c(F)c2)C(=O)O1. The summed E-state index contributed by atoms with van der Waals surface area (Å²) in [5.74, 6) is 0.101. The Balaban J connectivity index is 1.44. The maximum atomic E-state index is 14.9.